The van der Waals surface area contributed by atoms with Crippen LogP contribution in [0.25, 0.3) is 0 Å². The maximum Gasteiger partial charge on any atom is 0.280 e. The van der Waals surface area contributed by atoms with E-state index in [0.717, 1.165) is 15.6 Å². The van der Waals surface area contributed by atoms with Crippen LogP contribution in [0.2, 0.25) is 0 Å². The molecule has 4 nitrogen and oxygen atoms in total. The van der Waals surface area contributed by atoms with E-state index in [0.29, 0.717) is 11.3 Å². The summed E-state index contributed by atoms with van der Waals surface area (Å²) in [7, 11) is -3.70. The largest absolute Gasteiger partial charge is 0.280 e. The highest BCUT2D eigenvalue weighted by molar-refractivity contribution is 9.10. The molecule has 1 aliphatic heterocycles. The number of rotatable bonds is 3. The van der Waals surface area contributed by atoms with Crippen LogP contribution in [0.1, 0.15) is 16.7 Å². The Hall–Kier alpha value is -2.44. The molecule has 0 amide bonds. The molecular weight excluding hydrogens is 412 g/mol. The quantitative estimate of drug-likeness (QED) is 0.622. The highest BCUT2D eigenvalue weighted by Gasteiger charge is 2.33. The van der Waals surface area contributed by atoms with Crippen molar-refractivity contribution in [3.8, 4) is 0 Å². The van der Waals surface area contributed by atoms with Gasteiger partial charge in [-0.3, -0.25) is 0 Å². The molecule has 3 aromatic rings. The van der Waals surface area contributed by atoms with E-state index in [4.69, 9.17) is 0 Å². The third-order valence-electron chi connectivity index (χ3n) is 4.16. The normalized spacial score (nSPS) is 15.3. The van der Waals surface area contributed by atoms with Gasteiger partial charge in [0.2, 0.25) is 0 Å². The number of fused-ring (bicyclic) bond motifs is 1. The van der Waals surface area contributed by atoms with Gasteiger partial charge in [-0.1, -0.05) is 76.6 Å². The van der Waals surface area contributed by atoms with Crippen LogP contribution in [0.15, 0.2) is 93.3 Å². The van der Waals surface area contributed by atoms with Gasteiger partial charge in [0.1, 0.15) is 5.71 Å². The Kier molecular flexibility index (Phi) is 4.38. The minimum Gasteiger partial charge on any atom is -0.200 e. The summed E-state index contributed by atoms with van der Waals surface area (Å²) in [6.45, 7) is 0.173. The molecule has 4 rings (SSSR count). The molecule has 26 heavy (non-hydrogen) atoms. The molecule has 3 aromatic carbocycles. The van der Waals surface area contributed by atoms with Gasteiger partial charge >= 0.3 is 0 Å². The molecule has 130 valence electrons. The average molecular weight is 427 g/mol. The minimum atomic E-state index is -3.70. The Bertz CT molecular complexity index is 1100. The first-order chi connectivity index (χ1) is 12.6. The first-order valence-electron chi connectivity index (χ1n) is 8.06. The van der Waals surface area contributed by atoms with Crippen LogP contribution in [-0.2, 0) is 16.6 Å². The Balaban J connectivity index is 1.86. The lowest BCUT2D eigenvalue weighted by molar-refractivity contribution is 0.422. The molecule has 1 aliphatic rings. The van der Waals surface area contributed by atoms with Crippen molar-refractivity contribution in [2.45, 2.75) is 11.4 Å². The fraction of sp³-hybridized carbons (Fsp3) is 0.0500. The van der Waals surface area contributed by atoms with Crippen molar-refractivity contribution in [3.05, 3.63) is 100 Å². The van der Waals surface area contributed by atoms with E-state index in [2.05, 4.69) is 21.0 Å². The highest BCUT2D eigenvalue weighted by atomic mass is 79.9. The maximum absolute atomic E-state index is 13.1. The molecule has 0 fully saturated rings. The van der Waals surface area contributed by atoms with Crippen molar-refractivity contribution in [1.29, 1.82) is 0 Å². The van der Waals surface area contributed by atoms with E-state index < -0.39 is 10.0 Å². The minimum absolute atomic E-state index is 0.173. The van der Waals surface area contributed by atoms with E-state index >= 15 is 0 Å². The Labute approximate surface area is 161 Å². The highest BCUT2D eigenvalue weighted by Crippen LogP contribution is 2.30. The molecule has 0 bridgehead atoms. The Morgan fingerprint density at radius 3 is 2.38 bits per heavy atom. The van der Waals surface area contributed by atoms with Crippen LogP contribution in [0.5, 0.6) is 0 Å². The fourth-order valence-corrected chi connectivity index (χ4v) is 4.82. The van der Waals surface area contributed by atoms with Crippen LogP contribution < -0.4 is 0 Å². The van der Waals surface area contributed by atoms with Crippen molar-refractivity contribution in [2.75, 3.05) is 0 Å². The number of nitrogens with zero attached hydrogens (tertiary/aromatic N) is 2. The molecule has 0 saturated carbocycles. The lowest BCUT2D eigenvalue weighted by Crippen LogP contribution is -2.33. The number of halogens is 1. The van der Waals surface area contributed by atoms with Gasteiger partial charge in [0.15, 0.2) is 0 Å². The summed E-state index contributed by atoms with van der Waals surface area (Å²) in [6, 6.07) is 24.2. The zero-order chi connectivity index (χ0) is 18.1. The molecule has 0 spiro atoms. The molecule has 0 N–H and O–H groups in total. The number of hydrogen-bond donors (Lipinski definition) is 0. The number of sulfonamides is 1. The first kappa shape index (κ1) is 17.0. The van der Waals surface area contributed by atoms with Gasteiger partial charge in [-0.25, -0.2) is 0 Å². The standard InChI is InChI=1S/C20H15BrN2O2S/c21-17-10-6-7-15(13-17)14-23-22-20(16-8-2-1-3-9-16)18-11-4-5-12-19(18)26(23,24)25/h1-13H,14H2. The molecule has 1 heterocycles. The fourth-order valence-electron chi connectivity index (χ4n) is 2.94. The summed E-state index contributed by atoms with van der Waals surface area (Å²) in [4.78, 5) is 0.281. The van der Waals surface area contributed by atoms with Crippen molar-refractivity contribution >= 4 is 31.7 Å². The molecule has 0 radical (unpaired) electrons. The maximum atomic E-state index is 13.1. The topological polar surface area (TPSA) is 49.7 Å². The van der Waals surface area contributed by atoms with Crippen LogP contribution in [0.4, 0.5) is 0 Å². The van der Waals surface area contributed by atoms with Crippen LogP contribution in [0, 0.1) is 0 Å². The second-order valence-electron chi connectivity index (χ2n) is 5.93. The van der Waals surface area contributed by atoms with E-state index in [1.54, 1.807) is 18.2 Å². The molecule has 0 aromatic heterocycles. The van der Waals surface area contributed by atoms with Crippen LogP contribution in [0.3, 0.4) is 0 Å². The van der Waals surface area contributed by atoms with Gasteiger partial charge in [0.25, 0.3) is 10.0 Å². The molecule has 0 saturated heterocycles. The summed E-state index contributed by atoms with van der Waals surface area (Å²) >= 11 is 3.43. The summed E-state index contributed by atoms with van der Waals surface area (Å²) in [5.74, 6) is 0. The van der Waals surface area contributed by atoms with Crippen LogP contribution in [-0.4, -0.2) is 18.5 Å². The van der Waals surface area contributed by atoms with Crippen molar-refractivity contribution in [3.63, 3.8) is 0 Å². The molecular formula is C20H15BrN2O2S. The smallest absolute Gasteiger partial charge is 0.200 e. The third kappa shape index (κ3) is 3.06. The van der Waals surface area contributed by atoms with E-state index in [-0.39, 0.29) is 11.4 Å². The predicted octanol–water partition coefficient (Wildman–Crippen LogP) is 4.41. The second kappa shape index (κ2) is 6.70. The second-order valence-corrected chi connectivity index (χ2v) is 8.65. The zero-order valence-electron chi connectivity index (χ0n) is 13.7. The first-order valence-corrected chi connectivity index (χ1v) is 10.3. The van der Waals surface area contributed by atoms with Crippen molar-refractivity contribution < 1.29 is 8.42 Å². The van der Waals surface area contributed by atoms with Gasteiger partial charge in [0, 0.05) is 15.6 Å². The average Bonchev–Trinajstić information content (AvgIpc) is 2.65. The van der Waals surface area contributed by atoms with Crippen LogP contribution >= 0.6 is 15.9 Å². The monoisotopic (exact) mass is 426 g/mol. The number of hydrogen-bond acceptors (Lipinski definition) is 3. The Morgan fingerprint density at radius 1 is 0.885 bits per heavy atom. The molecule has 0 atom stereocenters. The SMILES string of the molecule is O=S1(=O)c2ccccc2C(c2ccccc2)=NN1Cc1cccc(Br)c1. The van der Waals surface area contributed by atoms with E-state index in [1.807, 2.05) is 60.7 Å². The molecule has 0 unspecified atom stereocenters. The predicted molar refractivity (Wildman–Crippen MR) is 105 cm³/mol. The summed E-state index contributed by atoms with van der Waals surface area (Å²) in [6.07, 6.45) is 0. The zero-order valence-corrected chi connectivity index (χ0v) is 16.1. The van der Waals surface area contributed by atoms with Gasteiger partial charge in [-0.2, -0.15) is 17.9 Å². The summed E-state index contributed by atoms with van der Waals surface area (Å²) in [5.41, 5.74) is 3.03. The van der Waals surface area contributed by atoms with Gasteiger partial charge in [-0.05, 0) is 23.8 Å². The van der Waals surface area contributed by atoms with Crippen molar-refractivity contribution in [2.24, 2.45) is 5.10 Å². The van der Waals surface area contributed by atoms with Gasteiger partial charge in [-0.15, -0.1) is 0 Å². The lowest BCUT2D eigenvalue weighted by Gasteiger charge is -2.27. The van der Waals surface area contributed by atoms with E-state index in [9.17, 15) is 8.42 Å². The van der Waals surface area contributed by atoms with Gasteiger partial charge < -0.3 is 0 Å². The summed E-state index contributed by atoms with van der Waals surface area (Å²) in [5, 5.41) is 4.52. The van der Waals surface area contributed by atoms with Crippen molar-refractivity contribution in [1.82, 2.24) is 4.41 Å². The molecule has 6 heteroatoms. The number of hydrazone groups is 1. The number of benzene rings is 3. The molecule has 0 aliphatic carbocycles. The van der Waals surface area contributed by atoms with Gasteiger partial charge in [0.05, 0.1) is 11.4 Å². The Morgan fingerprint density at radius 2 is 1.62 bits per heavy atom. The summed E-state index contributed by atoms with van der Waals surface area (Å²) < 4.78 is 28.2. The lowest BCUT2D eigenvalue weighted by atomic mass is 10.0. The third-order valence-corrected chi connectivity index (χ3v) is 6.33. The van der Waals surface area contributed by atoms with E-state index in [1.165, 1.54) is 4.41 Å².